The van der Waals surface area contributed by atoms with Gasteiger partial charge in [0.25, 0.3) is 0 Å². The monoisotopic (exact) mass is 334 g/mol. The zero-order valence-corrected chi connectivity index (χ0v) is 13.6. The van der Waals surface area contributed by atoms with E-state index in [2.05, 4.69) is 5.16 Å². The van der Waals surface area contributed by atoms with Gasteiger partial charge >= 0.3 is 5.97 Å². The molecule has 1 aromatic heterocycles. The van der Waals surface area contributed by atoms with Crippen LogP contribution in [0.2, 0.25) is 5.02 Å². The van der Waals surface area contributed by atoms with Gasteiger partial charge in [0, 0.05) is 25.9 Å². The average molecular weight is 335 g/mol. The first-order valence-electron chi connectivity index (χ1n) is 6.70. The minimum absolute atomic E-state index is 0.0870. The summed E-state index contributed by atoms with van der Waals surface area (Å²) in [5.74, 6) is -1.67. The molecule has 23 heavy (non-hydrogen) atoms. The van der Waals surface area contributed by atoms with Crippen molar-refractivity contribution in [3.05, 3.63) is 46.8 Å². The molecule has 0 aliphatic heterocycles. The van der Waals surface area contributed by atoms with Crippen LogP contribution in [-0.4, -0.2) is 41.0 Å². The fraction of sp³-hybridized carbons (Fsp3) is 0.188. The number of aromatic nitrogens is 1. The van der Waals surface area contributed by atoms with Gasteiger partial charge in [-0.25, -0.2) is 4.79 Å². The molecule has 7 heteroatoms. The molecule has 1 aromatic carbocycles. The van der Waals surface area contributed by atoms with Gasteiger partial charge in [-0.05, 0) is 13.0 Å². The summed E-state index contributed by atoms with van der Waals surface area (Å²) in [6.45, 7) is 1.33. The summed E-state index contributed by atoms with van der Waals surface area (Å²) in [7, 11) is 3.43. The Balaban J connectivity index is 2.72. The number of carbonyl (C=O) groups excluding carboxylic acids is 1. The van der Waals surface area contributed by atoms with E-state index in [0.717, 1.165) is 0 Å². The molecule has 1 N–H and O–H groups in total. The number of hydrogen-bond acceptors (Lipinski definition) is 5. The SMILES string of the molecule is CC(=O)/C(=C\N(C)C)c1onc(-c2ccccc2Cl)c1C(=O)O. The van der Waals surface area contributed by atoms with E-state index in [1.165, 1.54) is 13.1 Å². The van der Waals surface area contributed by atoms with Crippen molar-refractivity contribution in [3.63, 3.8) is 0 Å². The lowest BCUT2D eigenvalue weighted by molar-refractivity contribution is -0.111. The number of benzene rings is 1. The Morgan fingerprint density at radius 3 is 2.48 bits per heavy atom. The molecule has 0 bridgehead atoms. The fourth-order valence-electron chi connectivity index (χ4n) is 2.08. The third-order valence-electron chi connectivity index (χ3n) is 3.05. The van der Waals surface area contributed by atoms with Gasteiger partial charge in [-0.1, -0.05) is 35.0 Å². The lowest BCUT2D eigenvalue weighted by atomic mass is 10.0. The Morgan fingerprint density at radius 2 is 1.96 bits per heavy atom. The maximum Gasteiger partial charge on any atom is 0.342 e. The number of ketones is 1. The highest BCUT2D eigenvalue weighted by atomic mass is 35.5. The first-order valence-corrected chi connectivity index (χ1v) is 7.08. The average Bonchev–Trinajstić information content (AvgIpc) is 2.89. The molecule has 0 aliphatic carbocycles. The smallest absolute Gasteiger partial charge is 0.342 e. The van der Waals surface area contributed by atoms with Crippen molar-refractivity contribution in [1.29, 1.82) is 0 Å². The number of nitrogens with zero attached hydrogens (tertiary/aromatic N) is 2. The molecule has 0 amide bonds. The van der Waals surface area contributed by atoms with E-state index in [1.54, 1.807) is 43.3 Å². The predicted molar refractivity (Wildman–Crippen MR) is 86.3 cm³/mol. The molecule has 0 radical (unpaired) electrons. The van der Waals surface area contributed by atoms with E-state index in [1.807, 2.05) is 0 Å². The molecule has 1 heterocycles. The number of rotatable bonds is 5. The standard InChI is InChI=1S/C16H15ClN2O4/c1-9(20)11(8-19(2)3)15-13(16(21)22)14(18-23-15)10-6-4-5-7-12(10)17/h4-8H,1-3H3,(H,21,22)/b11-8+. The fourth-order valence-corrected chi connectivity index (χ4v) is 2.30. The van der Waals surface area contributed by atoms with E-state index in [0.29, 0.717) is 10.6 Å². The molecule has 2 rings (SSSR count). The van der Waals surface area contributed by atoms with Crippen LogP contribution in [0.15, 0.2) is 35.0 Å². The summed E-state index contributed by atoms with van der Waals surface area (Å²) in [4.78, 5) is 25.2. The van der Waals surface area contributed by atoms with Crippen molar-refractivity contribution in [2.24, 2.45) is 0 Å². The zero-order valence-electron chi connectivity index (χ0n) is 12.8. The minimum Gasteiger partial charge on any atom is -0.477 e. The van der Waals surface area contributed by atoms with Crippen LogP contribution in [0.3, 0.4) is 0 Å². The molecule has 0 aliphatic rings. The number of allylic oxidation sites excluding steroid dienone is 1. The molecule has 6 nitrogen and oxygen atoms in total. The first-order chi connectivity index (χ1) is 10.8. The lowest BCUT2D eigenvalue weighted by Gasteiger charge is -2.08. The Morgan fingerprint density at radius 1 is 1.30 bits per heavy atom. The van der Waals surface area contributed by atoms with Gasteiger partial charge in [0.05, 0.1) is 10.6 Å². The normalized spacial score (nSPS) is 11.4. The number of Topliss-reactive ketones (excluding diaryl/α,β-unsaturated/α-hetero) is 1. The van der Waals surface area contributed by atoms with Crippen LogP contribution in [0.5, 0.6) is 0 Å². The predicted octanol–water partition coefficient (Wildman–Crippen LogP) is 3.18. The van der Waals surface area contributed by atoms with Gasteiger partial charge in [0.1, 0.15) is 11.3 Å². The molecule has 0 fully saturated rings. The third-order valence-corrected chi connectivity index (χ3v) is 3.38. The van der Waals surface area contributed by atoms with Crippen LogP contribution < -0.4 is 0 Å². The van der Waals surface area contributed by atoms with Crippen molar-refractivity contribution < 1.29 is 19.2 Å². The van der Waals surface area contributed by atoms with E-state index in [4.69, 9.17) is 16.1 Å². The van der Waals surface area contributed by atoms with Crippen molar-refractivity contribution in [2.45, 2.75) is 6.92 Å². The quantitative estimate of drug-likeness (QED) is 0.845. The topological polar surface area (TPSA) is 83.6 Å². The molecular formula is C16H15ClN2O4. The summed E-state index contributed by atoms with van der Waals surface area (Å²) in [6, 6.07) is 6.70. The molecule has 0 spiro atoms. The third kappa shape index (κ3) is 3.43. The van der Waals surface area contributed by atoms with E-state index >= 15 is 0 Å². The van der Waals surface area contributed by atoms with Gasteiger partial charge in [-0.15, -0.1) is 0 Å². The van der Waals surface area contributed by atoms with Gasteiger partial charge in [-0.2, -0.15) is 0 Å². The van der Waals surface area contributed by atoms with Crippen LogP contribution in [0.1, 0.15) is 23.0 Å². The number of carbonyl (C=O) groups is 2. The van der Waals surface area contributed by atoms with Crippen LogP contribution in [0.4, 0.5) is 0 Å². The zero-order chi connectivity index (χ0) is 17.1. The largest absolute Gasteiger partial charge is 0.477 e. The van der Waals surface area contributed by atoms with Gasteiger partial charge in [0.15, 0.2) is 11.5 Å². The number of hydrogen-bond donors (Lipinski definition) is 1. The Bertz CT molecular complexity index is 793. The van der Waals surface area contributed by atoms with Crippen LogP contribution >= 0.6 is 11.6 Å². The first kappa shape index (κ1) is 16.8. The van der Waals surface area contributed by atoms with Gasteiger partial charge < -0.3 is 14.5 Å². The molecule has 2 aromatic rings. The van der Waals surface area contributed by atoms with Crippen LogP contribution in [0, 0.1) is 0 Å². The van der Waals surface area contributed by atoms with E-state index < -0.39 is 5.97 Å². The molecule has 0 saturated heterocycles. The van der Waals surface area contributed by atoms with Crippen LogP contribution in [0.25, 0.3) is 16.8 Å². The van der Waals surface area contributed by atoms with Gasteiger partial charge in [0.2, 0.25) is 0 Å². The molecule has 120 valence electrons. The minimum atomic E-state index is -1.25. The maximum absolute atomic E-state index is 11.9. The van der Waals surface area contributed by atoms with Crippen LogP contribution in [-0.2, 0) is 4.79 Å². The highest BCUT2D eigenvalue weighted by Crippen LogP contribution is 2.34. The second-order valence-corrected chi connectivity index (χ2v) is 5.49. The summed E-state index contributed by atoms with van der Waals surface area (Å²) in [5.41, 5.74) is 0.443. The van der Waals surface area contributed by atoms with Crippen molar-refractivity contribution in [3.8, 4) is 11.3 Å². The summed E-state index contributed by atoms with van der Waals surface area (Å²) in [5, 5.41) is 13.7. The Kier molecular flexibility index (Phi) is 4.86. The number of carboxylic acid groups (broad SMARTS) is 1. The Hall–Kier alpha value is -2.60. The molecule has 0 unspecified atom stereocenters. The summed E-state index contributed by atoms with van der Waals surface area (Å²) in [6.07, 6.45) is 1.49. The molecule has 0 saturated carbocycles. The summed E-state index contributed by atoms with van der Waals surface area (Å²) >= 11 is 6.11. The second kappa shape index (κ2) is 6.66. The Labute approximate surface area is 137 Å². The van der Waals surface area contributed by atoms with E-state index in [9.17, 15) is 14.7 Å². The number of aromatic carboxylic acids is 1. The number of carboxylic acids is 1. The lowest BCUT2D eigenvalue weighted by Crippen LogP contribution is -2.09. The number of halogens is 1. The van der Waals surface area contributed by atoms with Crippen molar-refractivity contribution >= 4 is 28.9 Å². The summed E-state index contributed by atoms with van der Waals surface area (Å²) < 4.78 is 5.19. The van der Waals surface area contributed by atoms with Crippen molar-refractivity contribution in [1.82, 2.24) is 10.1 Å². The second-order valence-electron chi connectivity index (χ2n) is 5.08. The van der Waals surface area contributed by atoms with Crippen molar-refractivity contribution in [2.75, 3.05) is 14.1 Å². The van der Waals surface area contributed by atoms with Gasteiger partial charge in [-0.3, -0.25) is 4.79 Å². The maximum atomic E-state index is 11.9. The highest BCUT2D eigenvalue weighted by molar-refractivity contribution is 6.33. The molecular weight excluding hydrogens is 320 g/mol. The highest BCUT2D eigenvalue weighted by Gasteiger charge is 2.28. The van der Waals surface area contributed by atoms with E-state index in [-0.39, 0.29) is 28.4 Å². The molecule has 0 atom stereocenters.